The molecule has 1 aliphatic rings. The minimum Gasteiger partial charge on any atom is -0.387 e. The molecule has 1 saturated heterocycles. The number of fused-ring (bicyclic) bond motifs is 1. The minimum absolute atomic E-state index is 0.132. The molecular formula is C22H34N7O7S2+. The highest BCUT2D eigenvalue weighted by Gasteiger charge is 2.46. The smallest absolute Gasteiger partial charge is 0.373 e. The van der Waals surface area contributed by atoms with Crippen molar-refractivity contribution in [1.29, 1.82) is 0 Å². The normalized spacial score (nSPS) is 20.2. The highest BCUT2D eigenvalue weighted by Crippen LogP contribution is 2.33. The zero-order chi connectivity index (χ0) is 28.9. The van der Waals surface area contributed by atoms with E-state index in [2.05, 4.69) is 28.1 Å². The van der Waals surface area contributed by atoms with E-state index in [9.17, 15) is 10.2 Å². The summed E-state index contributed by atoms with van der Waals surface area (Å²) in [4.78, 5) is 44.7. The molecule has 0 aromatic carbocycles. The van der Waals surface area contributed by atoms with Crippen LogP contribution in [0.1, 0.15) is 19.1 Å². The molecule has 210 valence electrons. The predicted molar refractivity (Wildman–Crippen MR) is 143 cm³/mol. The molecule has 0 bridgehead atoms. The van der Waals surface area contributed by atoms with Gasteiger partial charge in [0.15, 0.2) is 17.7 Å². The first-order valence-corrected chi connectivity index (χ1v) is 13.8. The van der Waals surface area contributed by atoms with Gasteiger partial charge in [-0.05, 0) is 30.7 Å². The highest BCUT2D eigenvalue weighted by atomic mass is 32.2. The Morgan fingerprint density at radius 1 is 1.08 bits per heavy atom. The number of rotatable bonds is 11. The summed E-state index contributed by atoms with van der Waals surface area (Å²) in [7, 11) is -0.132. The Labute approximate surface area is 227 Å². The van der Waals surface area contributed by atoms with Crippen molar-refractivity contribution >= 4 is 51.9 Å². The molecule has 3 heterocycles. The van der Waals surface area contributed by atoms with E-state index in [-0.39, 0.29) is 29.0 Å². The van der Waals surface area contributed by atoms with Crippen LogP contribution in [0.25, 0.3) is 11.2 Å². The second-order valence-corrected chi connectivity index (χ2v) is 10.4. The Balaban J connectivity index is 0.000000882. The number of hydrogen-bond acceptors (Lipinski definition) is 14. The molecular weight excluding hydrogens is 538 g/mol. The zero-order valence-electron chi connectivity index (χ0n) is 20.8. The van der Waals surface area contributed by atoms with Gasteiger partial charge >= 0.3 is 12.3 Å². The van der Waals surface area contributed by atoms with Crippen LogP contribution < -0.4 is 17.2 Å². The standard InChI is InChI=1S/C15H23N6O3S.C5H11NS.2CO2/c1-2-25(5-3-4-16)6-9-11(22)12(23)15(24-9)21-8-20-10-13(17)18-7-19-14(10)21;1-2-7-5-3-4-6;2*2-1-3/h2,7-9,11-12,15,22-23H,1,3-6,16H2,(H2,17,18,19);2H,1,3-6H2;;/q+1;;;/t9-,11+,12?,15-,25?;;;/m1.../s1. The fourth-order valence-electron chi connectivity index (χ4n) is 3.12. The number of aliphatic hydroxyl groups is 2. The fourth-order valence-corrected chi connectivity index (χ4v) is 5.32. The third kappa shape index (κ3) is 11.6. The average Bonchev–Trinajstić information content (AvgIpc) is 3.45. The summed E-state index contributed by atoms with van der Waals surface area (Å²) in [6.45, 7) is 8.80. The van der Waals surface area contributed by atoms with E-state index in [4.69, 9.17) is 41.1 Å². The number of aromatic nitrogens is 4. The number of hydrogen-bond donors (Lipinski definition) is 5. The van der Waals surface area contributed by atoms with E-state index in [1.54, 1.807) is 16.3 Å². The van der Waals surface area contributed by atoms with Crippen LogP contribution in [-0.2, 0) is 34.8 Å². The third-order valence-corrected chi connectivity index (χ3v) is 7.61. The number of anilines is 1. The Morgan fingerprint density at radius 2 is 1.71 bits per heavy atom. The van der Waals surface area contributed by atoms with Crippen molar-refractivity contribution in [1.82, 2.24) is 19.5 Å². The molecule has 2 aromatic rings. The van der Waals surface area contributed by atoms with Crippen molar-refractivity contribution in [3.05, 3.63) is 36.6 Å². The van der Waals surface area contributed by atoms with Crippen LogP contribution in [0.2, 0.25) is 0 Å². The van der Waals surface area contributed by atoms with Crippen molar-refractivity contribution in [2.75, 3.05) is 36.1 Å². The summed E-state index contributed by atoms with van der Waals surface area (Å²) in [5, 5.41) is 24.6. The van der Waals surface area contributed by atoms with Gasteiger partial charge in [0.2, 0.25) is 0 Å². The van der Waals surface area contributed by atoms with Gasteiger partial charge in [-0.1, -0.05) is 13.2 Å². The molecule has 8 N–H and O–H groups in total. The average molecular weight is 573 g/mol. The lowest BCUT2D eigenvalue weighted by molar-refractivity contribution is -0.193. The largest absolute Gasteiger partial charge is 0.387 e. The van der Waals surface area contributed by atoms with Crippen LogP contribution in [0.4, 0.5) is 5.82 Å². The molecule has 14 nitrogen and oxygen atoms in total. The molecule has 1 aliphatic heterocycles. The summed E-state index contributed by atoms with van der Waals surface area (Å²) < 4.78 is 7.52. The van der Waals surface area contributed by atoms with Gasteiger partial charge in [0, 0.05) is 17.3 Å². The summed E-state index contributed by atoms with van der Waals surface area (Å²) in [5.74, 6) is 2.84. The summed E-state index contributed by atoms with van der Waals surface area (Å²) in [5.41, 5.74) is 17.5. The number of imidazole rings is 1. The first-order chi connectivity index (χ1) is 18.3. The van der Waals surface area contributed by atoms with Crippen LogP contribution in [0, 0.1) is 0 Å². The zero-order valence-corrected chi connectivity index (χ0v) is 22.4. The molecule has 0 saturated carbocycles. The summed E-state index contributed by atoms with van der Waals surface area (Å²) in [6.07, 6.45) is 1.90. The van der Waals surface area contributed by atoms with Crippen LogP contribution in [0.3, 0.4) is 0 Å². The molecule has 0 radical (unpaired) electrons. The second-order valence-electron chi connectivity index (χ2n) is 7.19. The number of ether oxygens (including phenoxy) is 1. The molecule has 38 heavy (non-hydrogen) atoms. The molecule has 0 spiro atoms. The number of nitrogen functional groups attached to an aromatic ring is 1. The Bertz CT molecular complexity index is 1020. The van der Waals surface area contributed by atoms with Crippen LogP contribution in [-0.4, -0.2) is 90.7 Å². The number of nitrogens with zero attached hydrogens (tertiary/aromatic N) is 4. The van der Waals surface area contributed by atoms with Gasteiger partial charge in [0.1, 0.15) is 47.1 Å². The monoisotopic (exact) mass is 572 g/mol. The summed E-state index contributed by atoms with van der Waals surface area (Å²) in [6, 6.07) is 0. The van der Waals surface area contributed by atoms with Gasteiger partial charge < -0.3 is 32.2 Å². The highest BCUT2D eigenvalue weighted by molar-refractivity contribution is 8.02. The maximum Gasteiger partial charge on any atom is 0.373 e. The Hall–Kier alpha value is -2.91. The van der Waals surface area contributed by atoms with Crippen molar-refractivity contribution in [2.24, 2.45) is 11.5 Å². The van der Waals surface area contributed by atoms with Gasteiger partial charge in [-0.2, -0.15) is 19.2 Å². The van der Waals surface area contributed by atoms with Gasteiger partial charge in [-0.3, -0.25) is 4.57 Å². The molecule has 2 unspecified atom stereocenters. The first-order valence-electron chi connectivity index (χ1n) is 11.2. The maximum absolute atomic E-state index is 10.4. The van der Waals surface area contributed by atoms with Crippen molar-refractivity contribution < 1.29 is 34.1 Å². The lowest BCUT2D eigenvalue weighted by Gasteiger charge is -2.16. The van der Waals surface area contributed by atoms with Crippen LogP contribution >= 0.6 is 11.8 Å². The number of nitrogens with two attached hydrogens (primary N) is 3. The third-order valence-electron chi connectivity index (χ3n) is 4.81. The minimum atomic E-state index is -1.09. The second kappa shape index (κ2) is 21.1. The number of thioether (sulfide) groups is 1. The van der Waals surface area contributed by atoms with Crippen molar-refractivity contribution in [3.63, 3.8) is 0 Å². The van der Waals surface area contributed by atoms with Gasteiger partial charge in [0.05, 0.1) is 6.33 Å². The van der Waals surface area contributed by atoms with E-state index in [0.717, 1.165) is 30.9 Å². The number of carbonyl (C=O) groups excluding carboxylic acids is 4. The molecule has 0 amide bonds. The molecule has 3 rings (SSSR count). The quantitative estimate of drug-likeness (QED) is 0.163. The first kappa shape index (κ1) is 35.1. The summed E-state index contributed by atoms with van der Waals surface area (Å²) >= 11 is 1.72. The molecule has 2 aromatic heterocycles. The Kier molecular flexibility index (Phi) is 19.5. The van der Waals surface area contributed by atoms with E-state index in [0.29, 0.717) is 23.5 Å². The SMILES string of the molecule is C=CSCCCN.C=C[S+](CCCN)C[C@H]1O[C@@H](n2cnc3c(N)ncnc32)C(O)[C@H]1O.O=C=O.O=C=O. The lowest BCUT2D eigenvalue weighted by atomic mass is 10.1. The van der Waals surface area contributed by atoms with Gasteiger partial charge in [-0.15, -0.1) is 11.8 Å². The van der Waals surface area contributed by atoms with E-state index >= 15 is 0 Å². The van der Waals surface area contributed by atoms with Crippen molar-refractivity contribution in [2.45, 2.75) is 37.4 Å². The molecule has 16 heteroatoms. The topological polar surface area (TPSA) is 240 Å². The van der Waals surface area contributed by atoms with Gasteiger partial charge in [-0.25, -0.2) is 15.0 Å². The molecule has 5 atom stereocenters. The van der Waals surface area contributed by atoms with Crippen LogP contribution in [0.15, 0.2) is 36.6 Å². The Morgan fingerprint density at radius 3 is 2.26 bits per heavy atom. The van der Waals surface area contributed by atoms with Crippen LogP contribution in [0.5, 0.6) is 0 Å². The predicted octanol–water partition coefficient (Wildman–Crippen LogP) is -0.817. The molecule has 1 fully saturated rings. The maximum atomic E-state index is 10.4. The fraction of sp³-hybridized carbons (Fsp3) is 0.500. The lowest BCUT2D eigenvalue weighted by Crippen LogP contribution is -2.35. The van der Waals surface area contributed by atoms with Crippen molar-refractivity contribution in [3.8, 4) is 0 Å². The number of aliphatic hydroxyl groups excluding tert-OH is 2. The molecule has 0 aliphatic carbocycles. The van der Waals surface area contributed by atoms with Gasteiger partial charge in [0.25, 0.3) is 0 Å². The van der Waals surface area contributed by atoms with E-state index in [1.165, 1.54) is 12.7 Å². The van der Waals surface area contributed by atoms with E-state index in [1.807, 2.05) is 10.8 Å². The van der Waals surface area contributed by atoms with E-state index < -0.39 is 24.5 Å².